The molecule has 2 aromatic rings. The molecule has 0 aliphatic carbocycles. The van der Waals surface area contributed by atoms with Crippen LogP contribution < -0.4 is 0 Å². The molecule has 0 spiro atoms. The lowest BCUT2D eigenvalue weighted by atomic mass is 10.1. The average Bonchev–Trinajstić information content (AvgIpc) is 2.51. The molecule has 0 saturated heterocycles. The summed E-state index contributed by atoms with van der Waals surface area (Å²) < 4.78 is 2.03. The van der Waals surface area contributed by atoms with Crippen LogP contribution in [0.2, 0.25) is 5.15 Å². The van der Waals surface area contributed by atoms with Crippen LogP contribution in [0.5, 0.6) is 0 Å². The molecule has 0 radical (unpaired) electrons. The molecule has 0 bridgehead atoms. The summed E-state index contributed by atoms with van der Waals surface area (Å²) in [5, 5.41) is 10.7. The molecular formula is C14H15ClN2. The van der Waals surface area contributed by atoms with Crippen molar-refractivity contribution in [3.63, 3.8) is 0 Å². The van der Waals surface area contributed by atoms with Crippen LogP contribution in [0, 0.1) is 24.2 Å². The molecule has 0 saturated carbocycles. The average molecular weight is 247 g/mol. The van der Waals surface area contributed by atoms with Gasteiger partial charge in [0.2, 0.25) is 0 Å². The number of halogens is 1. The van der Waals surface area contributed by atoms with Gasteiger partial charge in [-0.2, -0.15) is 5.26 Å². The van der Waals surface area contributed by atoms with E-state index < -0.39 is 0 Å². The first-order chi connectivity index (χ1) is 8.04. The first-order valence-electron chi connectivity index (χ1n) is 5.73. The fourth-order valence-electron chi connectivity index (χ4n) is 2.08. The molecule has 0 fully saturated rings. The third-order valence-electron chi connectivity index (χ3n) is 2.82. The Morgan fingerprint density at radius 2 is 2.12 bits per heavy atom. The SMILES string of the molecule is Cc1ccc2c(C#N)c(Cl)n(CC(C)C)c2c1. The summed E-state index contributed by atoms with van der Waals surface area (Å²) in [4.78, 5) is 0. The lowest BCUT2D eigenvalue weighted by molar-refractivity contribution is 0.535. The van der Waals surface area contributed by atoms with Crippen LogP contribution in [-0.4, -0.2) is 4.57 Å². The molecule has 0 N–H and O–H groups in total. The van der Waals surface area contributed by atoms with Gasteiger partial charge in [-0.05, 0) is 24.5 Å². The van der Waals surface area contributed by atoms with Gasteiger partial charge in [0, 0.05) is 11.9 Å². The summed E-state index contributed by atoms with van der Waals surface area (Å²) in [7, 11) is 0. The van der Waals surface area contributed by atoms with Gasteiger partial charge in [0.05, 0.1) is 11.1 Å². The van der Waals surface area contributed by atoms with Crippen molar-refractivity contribution in [3.05, 3.63) is 34.5 Å². The van der Waals surface area contributed by atoms with E-state index in [0.717, 1.165) is 17.4 Å². The maximum atomic E-state index is 9.19. The molecule has 1 heterocycles. The number of aryl methyl sites for hydroxylation is 1. The Morgan fingerprint density at radius 3 is 2.71 bits per heavy atom. The fourth-order valence-corrected chi connectivity index (χ4v) is 2.38. The number of hydrogen-bond acceptors (Lipinski definition) is 1. The lowest BCUT2D eigenvalue weighted by Crippen LogP contribution is -2.04. The van der Waals surface area contributed by atoms with E-state index in [1.54, 1.807) is 0 Å². The highest BCUT2D eigenvalue weighted by Crippen LogP contribution is 2.30. The summed E-state index contributed by atoms with van der Waals surface area (Å²) in [5.74, 6) is 0.496. The Kier molecular flexibility index (Phi) is 3.13. The smallest absolute Gasteiger partial charge is 0.128 e. The number of nitriles is 1. The summed E-state index contributed by atoms with van der Waals surface area (Å²) in [6, 6.07) is 8.28. The van der Waals surface area contributed by atoms with E-state index in [1.807, 2.05) is 23.6 Å². The number of rotatable bonds is 2. The van der Waals surface area contributed by atoms with Crippen LogP contribution in [0.25, 0.3) is 10.9 Å². The normalized spacial score (nSPS) is 11.1. The van der Waals surface area contributed by atoms with E-state index in [2.05, 4.69) is 26.0 Å². The van der Waals surface area contributed by atoms with Crippen molar-refractivity contribution in [2.45, 2.75) is 27.3 Å². The maximum Gasteiger partial charge on any atom is 0.128 e. The minimum absolute atomic E-state index is 0.496. The number of benzene rings is 1. The Morgan fingerprint density at radius 1 is 1.41 bits per heavy atom. The topological polar surface area (TPSA) is 28.7 Å². The van der Waals surface area contributed by atoms with E-state index in [-0.39, 0.29) is 0 Å². The van der Waals surface area contributed by atoms with Crippen LogP contribution in [0.1, 0.15) is 25.0 Å². The largest absolute Gasteiger partial charge is 0.330 e. The van der Waals surface area contributed by atoms with Crippen molar-refractivity contribution < 1.29 is 0 Å². The van der Waals surface area contributed by atoms with Gasteiger partial charge in [0.15, 0.2) is 0 Å². The third-order valence-corrected chi connectivity index (χ3v) is 3.21. The molecule has 88 valence electrons. The fraction of sp³-hybridized carbons (Fsp3) is 0.357. The van der Waals surface area contributed by atoms with Crippen molar-refractivity contribution in [2.24, 2.45) is 5.92 Å². The third kappa shape index (κ3) is 2.03. The van der Waals surface area contributed by atoms with E-state index in [0.29, 0.717) is 16.6 Å². The number of hydrogen-bond donors (Lipinski definition) is 0. The molecule has 0 unspecified atom stereocenters. The maximum absolute atomic E-state index is 9.19. The number of aromatic nitrogens is 1. The zero-order valence-corrected chi connectivity index (χ0v) is 11.0. The van der Waals surface area contributed by atoms with Crippen LogP contribution >= 0.6 is 11.6 Å². The van der Waals surface area contributed by atoms with Crippen LogP contribution in [0.3, 0.4) is 0 Å². The minimum Gasteiger partial charge on any atom is -0.330 e. The molecule has 0 aliphatic rings. The molecule has 1 aromatic heterocycles. The van der Waals surface area contributed by atoms with Gasteiger partial charge >= 0.3 is 0 Å². The summed E-state index contributed by atoms with van der Waals surface area (Å²) in [6.07, 6.45) is 0. The van der Waals surface area contributed by atoms with Gasteiger partial charge in [-0.15, -0.1) is 0 Å². The molecular weight excluding hydrogens is 232 g/mol. The van der Waals surface area contributed by atoms with Gasteiger partial charge in [0.1, 0.15) is 11.2 Å². The van der Waals surface area contributed by atoms with Gasteiger partial charge in [-0.3, -0.25) is 0 Å². The van der Waals surface area contributed by atoms with Crippen molar-refractivity contribution in [1.82, 2.24) is 4.57 Å². The van der Waals surface area contributed by atoms with Crippen molar-refractivity contribution >= 4 is 22.5 Å². The minimum atomic E-state index is 0.496. The second-order valence-corrected chi connectivity index (χ2v) is 5.16. The zero-order valence-electron chi connectivity index (χ0n) is 10.3. The van der Waals surface area contributed by atoms with Gasteiger partial charge in [0.25, 0.3) is 0 Å². The molecule has 0 atom stereocenters. The van der Waals surface area contributed by atoms with Gasteiger partial charge < -0.3 is 4.57 Å². The molecule has 2 nitrogen and oxygen atoms in total. The van der Waals surface area contributed by atoms with E-state index in [9.17, 15) is 5.26 Å². The second-order valence-electron chi connectivity index (χ2n) is 4.80. The number of fused-ring (bicyclic) bond motifs is 1. The van der Waals surface area contributed by atoms with Gasteiger partial charge in [-0.1, -0.05) is 37.6 Å². The molecule has 3 heteroatoms. The van der Waals surface area contributed by atoms with Gasteiger partial charge in [-0.25, -0.2) is 0 Å². The van der Waals surface area contributed by atoms with E-state index in [4.69, 9.17) is 11.6 Å². The van der Waals surface area contributed by atoms with Crippen molar-refractivity contribution in [3.8, 4) is 6.07 Å². The summed E-state index contributed by atoms with van der Waals surface area (Å²) in [6.45, 7) is 7.17. The van der Waals surface area contributed by atoms with Crippen LogP contribution in [0.4, 0.5) is 0 Å². The Balaban J connectivity index is 2.77. The highest BCUT2D eigenvalue weighted by molar-refractivity contribution is 6.32. The first-order valence-corrected chi connectivity index (χ1v) is 6.10. The van der Waals surface area contributed by atoms with E-state index >= 15 is 0 Å². The summed E-state index contributed by atoms with van der Waals surface area (Å²) in [5.41, 5.74) is 2.82. The standard InChI is InChI=1S/C14H15ClN2/c1-9(2)8-17-13-6-10(3)4-5-11(13)12(7-16)14(17)15/h4-6,9H,8H2,1-3H3. The molecule has 0 amide bonds. The van der Waals surface area contributed by atoms with Crippen LogP contribution in [0.15, 0.2) is 18.2 Å². The highest BCUT2D eigenvalue weighted by atomic mass is 35.5. The first kappa shape index (κ1) is 12.0. The molecule has 0 aliphatic heterocycles. The van der Waals surface area contributed by atoms with Crippen molar-refractivity contribution in [1.29, 1.82) is 5.26 Å². The molecule has 2 rings (SSSR count). The highest BCUT2D eigenvalue weighted by Gasteiger charge is 2.15. The van der Waals surface area contributed by atoms with Crippen molar-refractivity contribution in [2.75, 3.05) is 0 Å². The second kappa shape index (κ2) is 4.43. The number of nitrogens with zero attached hydrogens (tertiary/aromatic N) is 2. The predicted molar refractivity (Wildman–Crippen MR) is 71.2 cm³/mol. The monoisotopic (exact) mass is 246 g/mol. The van der Waals surface area contributed by atoms with Crippen LogP contribution in [-0.2, 0) is 6.54 Å². The lowest BCUT2D eigenvalue weighted by Gasteiger charge is -2.10. The summed E-state index contributed by atoms with van der Waals surface area (Å²) >= 11 is 6.29. The molecule has 17 heavy (non-hydrogen) atoms. The Hall–Kier alpha value is -1.46. The quantitative estimate of drug-likeness (QED) is 0.783. The Labute approximate surface area is 106 Å². The predicted octanol–water partition coefficient (Wildman–Crippen LogP) is 4.13. The van der Waals surface area contributed by atoms with E-state index in [1.165, 1.54) is 5.56 Å². The zero-order chi connectivity index (χ0) is 12.6. The molecule has 1 aromatic carbocycles. The Bertz CT molecular complexity index is 603.